The van der Waals surface area contributed by atoms with Crippen molar-refractivity contribution in [3.63, 3.8) is 0 Å². The Bertz CT molecular complexity index is 29.0. The molecule has 0 aromatic rings. The second kappa shape index (κ2) is 1.43. The van der Waals surface area contributed by atoms with Crippen LogP contribution in [0.3, 0.4) is 0 Å². The molecule has 0 aromatic heterocycles. The first kappa shape index (κ1) is 4.11. The van der Waals surface area contributed by atoms with Crippen molar-refractivity contribution >= 4 is 4.52 Å². The summed E-state index contributed by atoms with van der Waals surface area (Å²) < 4.78 is -0.806. The van der Waals surface area contributed by atoms with Crippen molar-refractivity contribution in [2.24, 2.45) is 0 Å². The van der Waals surface area contributed by atoms with Gasteiger partial charge in [0.05, 0.1) is 0 Å². The van der Waals surface area contributed by atoms with Crippen molar-refractivity contribution in [3.05, 3.63) is 0 Å². The summed E-state index contributed by atoms with van der Waals surface area (Å²) in [5.41, 5.74) is 0. The molecule has 0 aliphatic carbocycles. The van der Waals surface area contributed by atoms with Crippen molar-refractivity contribution in [2.45, 2.75) is 0 Å². The van der Waals surface area contributed by atoms with Gasteiger partial charge in [0.2, 0.25) is 0 Å². The number of carboxylic acid groups (broad SMARTS) is 1. The molecular weight excluding hydrogens is 234 g/mol. The first-order valence-corrected chi connectivity index (χ1v) is 1.87. The van der Waals surface area contributed by atoms with Gasteiger partial charge in [-0.3, -0.25) is 0 Å². The molecule has 1 N–H and O–H groups in total. The monoisotopic (exact) mass is 237 g/mol. The summed E-state index contributed by atoms with van der Waals surface area (Å²) in [4.78, 5) is 9.01. The molecule has 4 heavy (non-hydrogen) atoms. The summed E-state index contributed by atoms with van der Waals surface area (Å²) in [6, 6.07) is 0. The molecule has 25 valence electrons. The van der Waals surface area contributed by atoms with Crippen LogP contribution in [0.25, 0.3) is 0 Å². The molecule has 0 amide bonds. The van der Waals surface area contributed by atoms with Crippen LogP contribution in [0.1, 0.15) is 0 Å². The summed E-state index contributed by atoms with van der Waals surface area (Å²) in [6.07, 6.45) is 0. The standard InChI is InChI=1S/CHO2.Os/c2-1-3;/h(H,2,3);. The normalized spacial score (nSPS) is 6.25. The molecule has 0 aromatic carbocycles. The molecule has 0 rings (SSSR count). The average Bonchev–Trinajstić information content (AvgIpc) is 0.811. The molecule has 0 aliphatic heterocycles. The second-order valence-corrected chi connectivity index (χ2v) is 1.33. The van der Waals surface area contributed by atoms with E-state index in [1.165, 1.54) is 0 Å². The topological polar surface area (TPSA) is 37.3 Å². The van der Waals surface area contributed by atoms with Crippen molar-refractivity contribution in [2.75, 3.05) is 0 Å². The number of hydrogen-bond donors (Lipinski definition) is 1. The maximum absolute atomic E-state index is 9.01. The third-order valence-corrected chi connectivity index (χ3v) is 0. The van der Waals surface area contributed by atoms with E-state index in [4.69, 9.17) is 9.90 Å². The fourth-order valence-electron chi connectivity index (χ4n) is 0. The first-order valence-electron chi connectivity index (χ1n) is 0.605. The van der Waals surface area contributed by atoms with Crippen LogP contribution < -0.4 is 0 Å². The van der Waals surface area contributed by atoms with Gasteiger partial charge in [-0.15, -0.1) is 0 Å². The van der Waals surface area contributed by atoms with E-state index in [0.717, 1.165) is 18.6 Å². The quantitative estimate of drug-likeness (QED) is 0.652. The zero-order valence-electron chi connectivity index (χ0n) is 1.71. The molecule has 0 saturated carbocycles. The van der Waals surface area contributed by atoms with Gasteiger partial charge in [-0.05, 0) is 0 Å². The Balaban J connectivity index is 2.80. The number of rotatable bonds is 0. The fraction of sp³-hybridized carbons (Fsp3) is 0. The summed E-state index contributed by atoms with van der Waals surface area (Å²) in [5.74, 6) is 0. The molecule has 0 unspecified atom stereocenters. The third kappa shape index (κ3) is 228. The summed E-state index contributed by atoms with van der Waals surface area (Å²) >= 11 is 0.920. The van der Waals surface area contributed by atoms with E-state index in [0.29, 0.717) is 0 Å². The Morgan fingerprint density at radius 3 is 2.00 bits per heavy atom. The van der Waals surface area contributed by atoms with Crippen LogP contribution in [0.5, 0.6) is 0 Å². The maximum atomic E-state index is 9.01. The second-order valence-electron chi connectivity index (χ2n) is 0.243. The van der Waals surface area contributed by atoms with Crippen molar-refractivity contribution in [1.29, 1.82) is 0 Å². The van der Waals surface area contributed by atoms with Crippen LogP contribution in [0, 0.1) is 0 Å². The molecule has 0 atom stereocenters. The zero-order valence-corrected chi connectivity index (χ0v) is 4.25. The molecule has 0 spiro atoms. The Labute approximate surface area is 33.7 Å². The average molecular weight is 235 g/mol. The molecule has 2 nitrogen and oxygen atoms in total. The molecule has 0 radical (unpaired) electrons. The molecule has 0 bridgehead atoms. The van der Waals surface area contributed by atoms with Crippen LogP contribution >= 0.6 is 0 Å². The molecule has 0 heterocycles. The summed E-state index contributed by atoms with van der Waals surface area (Å²) in [7, 11) is 0. The Morgan fingerprint density at radius 2 is 2.00 bits per heavy atom. The molecule has 0 saturated heterocycles. The summed E-state index contributed by atoms with van der Waals surface area (Å²) in [5, 5.41) is 7.43. The van der Waals surface area contributed by atoms with E-state index in [1.54, 1.807) is 0 Å². The van der Waals surface area contributed by atoms with E-state index in [1.807, 2.05) is 0 Å². The summed E-state index contributed by atoms with van der Waals surface area (Å²) in [6.45, 7) is 0. The number of carbonyl (C=O) groups is 1. The van der Waals surface area contributed by atoms with Crippen LogP contribution in [0.15, 0.2) is 0 Å². The molecular formula is CHO2Os. The van der Waals surface area contributed by atoms with Crippen LogP contribution in [-0.2, 0) is 18.6 Å². The van der Waals surface area contributed by atoms with Crippen molar-refractivity contribution in [1.82, 2.24) is 0 Å². The minimum atomic E-state index is -0.806. The van der Waals surface area contributed by atoms with Gasteiger partial charge in [0.15, 0.2) is 0 Å². The predicted molar refractivity (Wildman–Crippen MR) is 8.02 cm³/mol. The van der Waals surface area contributed by atoms with Gasteiger partial charge in [0, 0.05) is 0 Å². The van der Waals surface area contributed by atoms with Crippen LogP contribution in [0.2, 0.25) is 0 Å². The van der Waals surface area contributed by atoms with Crippen LogP contribution in [0.4, 0.5) is 4.79 Å². The van der Waals surface area contributed by atoms with Gasteiger partial charge < -0.3 is 0 Å². The van der Waals surface area contributed by atoms with E-state index in [2.05, 4.69) is 0 Å². The molecule has 0 fully saturated rings. The number of hydrogen-bond acceptors (Lipinski definition) is 1. The molecule has 3 heteroatoms. The van der Waals surface area contributed by atoms with Gasteiger partial charge >= 0.3 is 33.0 Å². The van der Waals surface area contributed by atoms with Gasteiger partial charge in [-0.1, -0.05) is 0 Å². The van der Waals surface area contributed by atoms with Crippen molar-refractivity contribution in [3.8, 4) is 0 Å². The van der Waals surface area contributed by atoms with E-state index < -0.39 is 4.52 Å². The minimum absolute atomic E-state index is 0.806. The SMILES string of the molecule is O=[C](O)[Os]. The Kier molecular flexibility index (Phi) is 1.47. The predicted octanol–water partition coefficient (Wildman–Crippen LogP) is 0.211. The van der Waals surface area contributed by atoms with E-state index >= 15 is 0 Å². The van der Waals surface area contributed by atoms with E-state index in [9.17, 15) is 0 Å². The molecule has 0 aliphatic rings. The fourth-order valence-corrected chi connectivity index (χ4v) is 0. The van der Waals surface area contributed by atoms with Crippen LogP contribution in [-0.4, -0.2) is 9.63 Å². The van der Waals surface area contributed by atoms with Gasteiger partial charge in [0.1, 0.15) is 0 Å². The van der Waals surface area contributed by atoms with Gasteiger partial charge in [-0.25, -0.2) is 0 Å². The van der Waals surface area contributed by atoms with Crippen molar-refractivity contribution < 1.29 is 28.5 Å². The zero-order chi connectivity index (χ0) is 3.58. The van der Waals surface area contributed by atoms with Gasteiger partial charge in [0.25, 0.3) is 0 Å². The Hall–Kier alpha value is 0.106. The van der Waals surface area contributed by atoms with E-state index in [-0.39, 0.29) is 0 Å². The van der Waals surface area contributed by atoms with Gasteiger partial charge in [-0.2, -0.15) is 0 Å². The first-order chi connectivity index (χ1) is 1.73. The third-order valence-electron chi connectivity index (χ3n) is 0. The Morgan fingerprint density at radius 1 is 2.00 bits per heavy atom.